The van der Waals surface area contributed by atoms with Crippen molar-refractivity contribution in [3.8, 4) is 0 Å². The van der Waals surface area contributed by atoms with Crippen LogP contribution >= 0.6 is 12.2 Å². The highest BCUT2D eigenvalue weighted by Gasteiger charge is 2.25. The molecule has 0 aromatic carbocycles. The summed E-state index contributed by atoms with van der Waals surface area (Å²) in [7, 11) is -1.00. The zero-order valence-electron chi connectivity index (χ0n) is 11.0. The fraction of sp³-hybridized carbons (Fsp3) is 0.900. The molecule has 1 unspecified atom stereocenters. The number of nitrogens with two attached hydrogens (primary N) is 1. The molecular formula is C10H25N3OSSi. The van der Waals surface area contributed by atoms with Crippen LogP contribution in [0.2, 0.25) is 13.1 Å². The van der Waals surface area contributed by atoms with Crippen molar-refractivity contribution >= 4 is 26.4 Å². The molecule has 1 atom stereocenters. The second kappa shape index (κ2) is 7.21. The van der Waals surface area contributed by atoms with Gasteiger partial charge in [0.15, 0.2) is 14.2 Å². The van der Waals surface area contributed by atoms with Crippen molar-refractivity contribution in [2.75, 3.05) is 6.54 Å². The average molecular weight is 263 g/mol. The molecule has 0 rings (SSSR count). The van der Waals surface area contributed by atoms with E-state index in [9.17, 15) is 0 Å². The maximum absolute atomic E-state index is 6.03. The Kier molecular flexibility index (Phi) is 7.13. The van der Waals surface area contributed by atoms with Gasteiger partial charge in [-0.2, -0.15) is 0 Å². The van der Waals surface area contributed by atoms with Crippen LogP contribution < -0.4 is 16.6 Å². The molecule has 0 aliphatic carbocycles. The Labute approximate surface area is 106 Å². The van der Waals surface area contributed by atoms with Crippen LogP contribution in [-0.2, 0) is 4.43 Å². The van der Waals surface area contributed by atoms with Crippen LogP contribution in [0.3, 0.4) is 0 Å². The lowest BCUT2D eigenvalue weighted by Crippen LogP contribution is -2.42. The third-order valence-corrected chi connectivity index (χ3v) is 3.36. The Balaban J connectivity index is 4.08. The van der Waals surface area contributed by atoms with Crippen molar-refractivity contribution in [3.05, 3.63) is 0 Å². The summed E-state index contributed by atoms with van der Waals surface area (Å²) in [5.74, 6) is 5.18. The number of nitrogens with one attached hydrogen (secondary N) is 2. The molecule has 0 aromatic heterocycles. The van der Waals surface area contributed by atoms with Gasteiger partial charge in [-0.15, -0.1) is 0 Å². The van der Waals surface area contributed by atoms with E-state index in [1.165, 1.54) is 0 Å². The predicted octanol–water partition coefficient (Wildman–Crippen LogP) is 1.13. The Morgan fingerprint density at radius 1 is 1.44 bits per heavy atom. The highest BCUT2D eigenvalue weighted by atomic mass is 32.1. The standard InChI is InChI=1S/C10H25N3OSSi/c1-10(2,3)8(14-16(4)5)6-7-12-9(15)13-11/h8,16H,6-7,11H2,1-5H3,(H2,12,13,15). The minimum atomic E-state index is -1.00. The number of hydrazine groups is 1. The lowest BCUT2D eigenvalue weighted by molar-refractivity contribution is 0.0797. The Bertz CT molecular complexity index is 219. The summed E-state index contributed by atoms with van der Waals surface area (Å²) in [6.07, 6.45) is 1.21. The third-order valence-electron chi connectivity index (χ3n) is 2.23. The van der Waals surface area contributed by atoms with Crippen LogP contribution in [0.4, 0.5) is 0 Å². The Morgan fingerprint density at radius 3 is 2.38 bits per heavy atom. The van der Waals surface area contributed by atoms with Crippen molar-refractivity contribution in [2.24, 2.45) is 11.3 Å². The van der Waals surface area contributed by atoms with Crippen molar-refractivity contribution in [1.82, 2.24) is 10.7 Å². The van der Waals surface area contributed by atoms with Gasteiger partial charge in [-0.1, -0.05) is 20.8 Å². The lowest BCUT2D eigenvalue weighted by atomic mass is 9.87. The predicted molar refractivity (Wildman–Crippen MR) is 75.7 cm³/mol. The lowest BCUT2D eigenvalue weighted by Gasteiger charge is -2.32. The highest BCUT2D eigenvalue weighted by Crippen LogP contribution is 2.25. The van der Waals surface area contributed by atoms with Gasteiger partial charge in [-0.05, 0) is 37.1 Å². The van der Waals surface area contributed by atoms with Gasteiger partial charge in [0.2, 0.25) is 0 Å². The van der Waals surface area contributed by atoms with E-state index in [-0.39, 0.29) is 11.5 Å². The smallest absolute Gasteiger partial charge is 0.180 e. The van der Waals surface area contributed by atoms with Crippen LogP contribution in [0.15, 0.2) is 0 Å². The Morgan fingerprint density at radius 2 is 2.00 bits per heavy atom. The van der Waals surface area contributed by atoms with E-state index in [0.29, 0.717) is 5.11 Å². The van der Waals surface area contributed by atoms with Gasteiger partial charge < -0.3 is 15.2 Å². The van der Waals surface area contributed by atoms with E-state index in [2.05, 4.69) is 44.6 Å². The van der Waals surface area contributed by atoms with Crippen molar-refractivity contribution in [1.29, 1.82) is 0 Å². The minimum Gasteiger partial charge on any atom is -0.417 e. The molecule has 0 amide bonds. The van der Waals surface area contributed by atoms with Gasteiger partial charge in [0.1, 0.15) is 0 Å². The van der Waals surface area contributed by atoms with Crippen LogP contribution in [0.1, 0.15) is 27.2 Å². The molecule has 0 aliphatic heterocycles. The largest absolute Gasteiger partial charge is 0.417 e. The number of hydrogen-bond acceptors (Lipinski definition) is 3. The molecule has 0 aromatic rings. The van der Waals surface area contributed by atoms with Crippen molar-refractivity contribution in [3.63, 3.8) is 0 Å². The van der Waals surface area contributed by atoms with E-state index in [4.69, 9.17) is 22.5 Å². The SMILES string of the molecule is C[SiH](C)OC(CCNC(=S)NN)C(C)(C)C. The second-order valence-corrected chi connectivity index (χ2v) is 8.01. The molecule has 0 spiro atoms. The number of thiocarbonyl (C=S) groups is 1. The van der Waals surface area contributed by atoms with Gasteiger partial charge >= 0.3 is 0 Å². The van der Waals surface area contributed by atoms with Crippen molar-refractivity contribution in [2.45, 2.75) is 46.4 Å². The molecule has 6 heteroatoms. The zero-order chi connectivity index (χ0) is 12.8. The molecule has 4 nitrogen and oxygen atoms in total. The summed E-state index contributed by atoms with van der Waals surface area (Å²) in [6, 6.07) is 0. The van der Waals surface area contributed by atoms with E-state index in [1.54, 1.807) is 0 Å². The zero-order valence-corrected chi connectivity index (χ0v) is 12.9. The molecule has 0 saturated carbocycles. The number of rotatable bonds is 5. The molecule has 0 radical (unpaired) electrons. The van der Waals surface area contributed by atoms with Crippen molar-refractivity contribution < 1.29 is 4.43 Å². The summed E-state index contributed by atoms with van der Waals surface area (Å²) < 4.78 is 6.03. The van der Waals surface area contributed by atoms with Crippen LogP contribution in [0.5, 0.6) is 0 Å². The molecule has 0 heterocycles. The van der Waals surface area contributed by atoms with E-state index < -0.39 is 9.04 Å². The van der Waals surface area contributed by atoms with Gasteiger partial charge in [0, 0.05) is 6.54 Å². The third kappa shape index (κ3) is 7.16. The second-order valence-electron chi connectivity index (χ2n) is 5.23. The summed E-state index contributed by atoms with van der Waals surface area (Å²) in [5, 5.41) is 3.52. The van der Waals surface area contributed by atoms with Crippen LogP contribution in [0, 0.1) is 5.41 Å². The van der Waals surface area contributed by atoms with Crippen LogP contribution in [0.25, 0.3) is 0 Å². The summed E-state index contributed by atoms with van der Waals surface area (Å²) in [5.41, 5.74) is 2.57. The maximum atomic E-state index is 6.03. The van der Waals surface area contributed by atoms with Gasteiger partial charge in [-0.3, -0.25) is 0 Å². The monoisotopic (exact) mass is 263 g/mol. The molecule has 16 heavy (non-hydrogen) atoms. The first-order chi connectivity index (χ1) is 7.27. The molecule has 0 bridgehead atoms. The normalized spacial score (nSPS) is 13.7. The summed E-state index contributed by atoms with van der Waals surface area (Å²) in [4.78, 5) is 0. The molecule has 96 valence electrons. The van der Waals surface area contributed by atoms with Gasteiger partial charge in [-0.25, -0.2) is 5.84 Å². The summed E-state index contributed by atoms with van der Waals surface area (Å²) in [6.45, 7) is 11.8. The molecule has 0 aliphatic rings. The van der Waals surface area contributed by atoms with E-state index in [1.807, 2.05) is 0 Å². The van der Waals surface area contributed by atoms with Gasteiger partial charge in [0.25, 0.3) is 0 Å². The molecule has 4 N–H and O–H groups in total. The van der Waals surface area contributed by atoms with E-state index >= 15 is 0 Å². The molecule has 0 fully saturated rings. The average Bonchev–Trinajstić information content (AvgIpc) is 2.13. The highest BCUT2D eigenvalue weighted by molar-refractivity contribution is 7.80. The van der Waals surface area contributed by atoms with Crippen LogP contribution in [-0.4, -0.2) is 26.8 Å². The molecule has 0 saturated heterocycles. The topological polar surface area (TPSA) is 59.3 Å². The number of hydrogen-bond donors (Lipinski definition) is 3. The fourth-order valence-corrected chi connectivity index (χ4v) is 2.70. The first kappa shape index (κ1) is 15.8. The fourth-order valence-electron chi connectivity index (χ4n) is 1.40. The quantitative estimate of drug-likeness (QED) is 0.300. The maximum Gasteiger partial charge on any atom is 0.180 e. The first-order valence-corrected chi connectivity index (χ1v) is 8.86. The summed E-state index contributed by atoms with van der Waals surface area (Å²) >= 11 is 4.91. The van der Waals surface area contributed by atoms with E-state index in [0.717, 1.165) is 13.0 Å². The first-order valence-electron chi connectivity index (χ1n) is 5.67. The Hall–Kier alpha value is -0.173. The van der Waals surface area contributed by atoms with Gasteiger partial charge in [0.05, 0.1) is 6.10 Å². The minimum absolute atomic E-state index is 0.163. The molecular weight excluding hydrogens is 238 g/mol.